The molecule has 0 aliphatic heterocycles. The maximum Gasteiger partial charge on any atom is 0.281 e. The van der Waals surface area contributed by atoms with E-state index in [9.17, 15) is 26.7 Å². The summed E-state index contributed by atoms with van der Waals surface area (Å²) in [5.74, 6) is -3.98. The number of rotatable bonds is 5. The van der Waals surface area contributed by atoms with Crippen molar-refractivity contribution in [2.24, 2.45) is 0 Å². The number of nitriles is 1. The molecule has 1 fully saturated rings. The number of aliphatic hydroxyl groups is 1. The van der Waals surface area contributed by atoms with Crippen LogP contribution in [-0.4, -0.2) is 24.7 Å². The van der Waals surface area contributed by atoms with E-state index in [4.69, 9.17) is 10.00 Å². The third-order valence-electron chi connectivity index (χ3n) is 6.61. The van der Waals surface area contributed by atoms with Gasteiger partial charge < -0.3 is 9.84 Å². The quantitative estimate of drug-likeness (QED) is 0.486. The van der Waals surface area contributed by atoms with Crippen LogP contribution >= 0.6 is 0 Å². The van der Waals surface area contributed by atoms with Gasteiger partial charge in [0.05, 0.1) is 21.8 Å². The van der Waals surface area contributed by atoms with Crippen molar-refractivity contribution in [3.8, 4) is 28.7 Å². The normalized spacial score (nSPS) is 19.0. The van der Waals surface area contributed by atoms with E-state index in [0.29, 0.717) is 18.4 Å². The molecule has 0 bridgehead atoms. The summed E-state index contributed by atoms with van der Waals surface area (Å²) in [5, 5.41) is 18.9. The third-order valence-corrected chi connectivity index (χ3v) is 8.92. The van der Waals surface area contributed by atoms with Gasteiger partial charge >= 0.3 is 0 Å². The van der Waals surface area contributed by atoms with Crippen molar-refractivity contribution in [1.29, 1.82) is 5.26 Å². The number of hydrogen-bond donors (Lipinski definition) is 1. The third kappa shape index (κ3) is 3.97. The number of halogens is 3. The van der Waals surface area contributed by atoms with Crippen LogP contribution in [0.1, 0.15) is 42.1 Å². The molecular weight excluding hydrogens is 479 g/mol. The number of aliphatic hydroxyl groups excluding tert-OH is 1. The molecule has 1 atom stereocenters. The van der Waals surface area contributed by atoms with E-state index in [1.54, 1.807) is 24.3 Å². The van der Waals surface area contributed by atoms with Crippen LogP contribution in [0, 0.1) is 17.1 Å². The molecule has 5 rings (SSSR count). The van der Waals surface area contributed by atoms with Crippen LogP contribution < -0.4 is 4.74 Å². The van der Waals surface area contributed by atoms with E-state index >= 15 is 0 Å². The molecule has 2 aliphatic carbocycles. The zero-order valence-corrected chi connectivity index (χ0v) is 19.2. The Balaban J connectivity index is 1.65. The summed E-state index contributed by atoms with van der Waals surface area (Å²) in [7, 11) is -3.88. The minimum absolute atomic E-state index is 0.0379. The van der Waals surface area contributed by atoms with E-state index in [2.05, 4.69) is 0 Å². The largest absolute Gasteiger partial charge is 0.457 e. The Labute approximate surface area is 200 Å². The smallest absolute Gasteiger partial charge is 0.281 e. The molecule has 180 valence electrons. The van der Waals surface area contributed by atoms with E-state index in [1.807, 2.05) is 6.07 Å². The Hall–Kier alpha value is -3.35. The van der Waals surface area contributed by atoms with Crippen LogP contribution in [0.2, 0.25) is 0 Å². The Morgan fingerprint density at radius 1 is 1.06 bits per heavy atom. The van der Waals surface area contributed by atoms with Crippen LogP contribution in [0.3, 0.4) is 0 Å². The van der Waals surface area contributed by atoms with Gasteiger partial charge in [0.1, 0.15) is 23.4 Å². The highest BCUT2D eigenvalue weighted by Gasteiger charge is 2.51. The summed E-state index contributed by atoms with van der Waals surface area (Å²) >= 11 is 0. The highest BCUT2D eigenvalue weighted by molar-refractivity contribution is 7.92. The van der Waals surface area contributed by atoms with Crippen molar-refractivity contribution in [2.45, 2.75) is 47.9 Å². The molecule has 9 heteroatoms. The number of nitrogens with zero attached hydrogens (tertiary/aromatic N) is 1. The molecule has 1 saturated carbocycles. The molecule has 5 nitrogen and oxygen atoms in total. The van der Waals surface area contributed by atoms with Gasteiger partial charge in [-0.25, -0.2) is 21.6 Å². The van der Waals surface area contributed by atoms with E-state index in [-0.39, 0.29) is 38.6 Å². The van der Waals surface area contributed by atoms with Gasteiger partial charge in [0.15, 0.2) is 9.84 Å². The van der Waals surface area contributed by atoms with Crippen LogP contribution in [0.5, 0.6) is 11.5 Å². The van der Waals surface area contributed by atoms with Gasteiger partial charge in [-0.3, -0.25) is 0 Å². The molecule has 2 aliphatic rings. The van der Waals surface area contributed by atoms with E-state index < -0.39 is 39.4 Å². The molecule has 35 heavy (non-hydrogen) atoms. The second-order valence-electron chi connectivity index (χ2n) is 8.83. The summed E-state index contributed by atoms with van der Waals surface area (Å²) in [6.07, 6.45) is -1.42. The SMILES string of the molecule is N#Cc1cc(F)cc(Oc2ccccc2-c2ccc(S(=O)(=O)C3CCC3)c3c2CC(F)(F)[C@H]3O)c1. The second kappa shape index (κ2) is 8.40. The molecule has 0 radical (unpaired) electrons. The first kappa shape index (κ1) is 23.4. The van der Waals surface area contributed by atoms with Crippen molar-refractivity contribution in [2.75, 3.05) is 0 Å². The van der Waals surface area contributed by atoms with Gasteiger partial charge in [-0.05, 0) is 48.2 Å². The molecule has 0 saturated heterocycles. The summed E-state index contributed by atoms with van der Waals surface area (Å²) in [4.78, 5) is -0.257. The number of benzene rings is 3. The maximum absolute atomic E-state index is 14.7. The first-order valence-corrected chi connectivity index (χ1v) is 12.6. The number of fused-ring (bicyclic) bond motifs is 1. The van der Waals surface area contributed by atoms with Crippen molar-refractivity contribution in [3.05, 3.63) is 77.1 Å². The zero-order chi connectivity index (χ0) is 25.0. The molecular formula is C26H20F3NO4S. The van der Waals surface area contributed by atoms with Gasteiger partial charge in [-0.1, -0.05) is 30.7 Å². The monoisotopic (exact) mass is 499 g/mol. The fraction of sp³-hybridized carbons (Fsp3) is 0.269. The van der Waals surface area contributed by atoms with Crippen molar-refractivity contribution >= 4 is 9.84 Å². The summed E-state index contributed by atoms with van der Waals surface area (Å²) in [5.41, 5.74) is 0.467. The molecule has 0 spiro atoms. The molecule has 3 aromatic rings. The summed E-state index contributed by atoms with van der Waals surface area (Å²) < 4.78 is 75.4. The summed E-state index contributed by atoms with van der Waals surface area (Å²) in [6, 6.07) is 14.5. The van der Waals surface area contributed by atoms with Gasteiger partial charge in [0.25, 0.3) is 5.92 Å². The molecule has 0 amide bonds. The van der Waals surface area contributed by atoms with E-state index in [0.717, 1.165) is 18.6 Å². The first-order chi connectivity index (χ1) is 16.6. The van der Waals surface area contributed by atoms with Crippen LogP contribution in [-0.2, 0) is 16.3 Å². The van der Waals surface area contributed by atoms with E-state index in [1.165, 1.54) is 18.2 Å². The number of hydrogen-bond acceptors (Lipinski definition) is 5. The average Bonchev–Trinajstić information content (AvgIpc) is 3.00. The number of ether oxygens (including phenoxy) is 1. The lowest BCUT2D eigenvalue weighted by Gasteiger charge is -2.27. The number of para-hydroxylation sites is 1. The fourth-order valence-electron chi connectivity index (χ4n) is 4.63. The van der Waals surface area contributed by atoms with Crippen LogP contribution in [0.4, 0.5) is 13.2 Å². The lowest BCUT2D eigenvalue weighted by Crippen LogP contribution is -2.30. The fourth-order valence-corrected chi connectivity index (χ4v) is 6.74. The molecule has 0 aromatic heterocycles. The predicted octanol–water partition coefficient (Wildman–Crippen LogP) is 5.71. The Morgan fingerprint density at radius 2 is 1.80 bits per heavy atom. The Kier molecular flexibility index (Phi) is 5.61. The number of sulfone groups is 1. The first-order valence-electron chi connectivity index (χ1n) is 11.1. The lowest BCUT2D eigenvalue weighted by molar-refractivity contribution is -0.0975. The minimum Gasteiger partial charge on any atom is -0.457 e. The topological polar surface area (TPSA) is 87.4 Å². The minimum atomic E-state index is -3.88. The van der Waals surface area contributed by atoms with Crippen LogP contribution in [0.25, 0.3) is 11.1 Å². The Bertz CT molecular complexity index is 1480. The van der Waals surface area contributed by atoms with Gasteiger partial charge in [-0.2, -0.15) is 5.26 Å². The number of alkyl halides is 2. The van der Waals surface area contributed by atoms with Gasteiger partial charge in [0.2, 0.25) is 0 Å². The Morgan fingerprint density at radius 3 is 2.49 bits per heavy atom. The predicted molar refractivity (Wildman–Crippen MR) is 122 cm³/mol. The second-order valence-corrected chi connectivity index (χ2v) is 11.0. The lowest BCUT2D eigenvalue weighted by atomic mass is 9.96. The zero-order valence-electron chi connectivity index (χ0n) is 18.3. The molecule has 1 N–H and O–H groups in total. The van der Waals surface area contributed by atoms with Crippen molar-refractivity contribution < 1.29 is 31.4 Å². The molecule has 0 heterocycles. The van der Waals surface area contributed by atoms with Crippen molar-refractivity contribution in [3.63, 3.8) is 0 Å². The van der Waals surface area contributed by atoms with Crippen molar-refractivity contribution in [1.82, 2.24) is 0 Å². The highest BCUT2D eigenvalue weighted by atomic mass is 32.2. The van der Waals surface area contributed by atoms with Crippen LogP contribution in [0.15, 0.2) is 59.5 Å². The van der Waals surface area contributed by atoms with Gasteiger partial charge in [0, 0.05) is 23.6 Å². The molecule has 3 aromatic carbocycles. The molecule has 0 unspecified atom stereocenters. The average molecular weight is 500 g/mol. The maximum atomic E-state index is 14.7. The highest BCUT2D eigenvalue weighted by Crippen LogP contribution is 2.51. The standard InChI is InChI=1S/C26H20F3NO4S/c27-16-10-15(14-30)11-17(12-16)34-22-7-2-1-6-20(22)19-8-9-23(35(32,33)18-4-3-5-18)24-21(19)13-26(28,29)25(24)31/h1-2,6-12,18,25,31H,3-5,13H2/t25-/m0/s1. The van der Waals surface area contributed by atoms with Gasteiger partial charge in [-0.15, -0.1) is 0 Å². The summed E-state index contributed by atoms with van der Waals surface area (Å²) in [6.45, 7) is 0.